The number of piperazine rings is 1. The molecule has 3 aromatic carbocycles. The zero-order valence-electron chi connectivity index (χ0n) is 19.3. The average molecular weight is 429 g/mol. The second-order valence-corrected chi connectivity index (χ2v) is 8.75. The van der Waals surface area contributed by atoms with Crippen molar-refractivity contribution in [1.29, 1.82) is 0 Å². The van der Waals surface area contributed by atoms with Crippen molar-refractivity contribution in [2.24, 2.45) is 0 Å². The minimum absolute atomic E-state index is 0.106. The number of benzene rings is 3. The molecule has 0 aromatic heterocycles. The highest BCUT2D eigenvalue weighted by Gasteiger charge is 2.22. The molecule has 3 aromatic rings. The van der Waals surface area contributed by atoms with Crippen LogP contribution in [0.15, 0.2) is 66.7 Å². The summed E-state index contributed by atoms with van der Waals surface area (Å²) in [6.45, 7) is 11.0. The fourth-order valence-corrected chi connectivity index (χ4v) is 4.14. The Kier molecular flexibility index (Phi) is 6.91. The van der Waals surface area contributed by atoms with Crippen LogP contribution in [0.4, 0.5) is 0 Å². The lowest BCUT2D eigenvalue weighted by Crippen LogP contribution is -2.48. The average Bonchev–Trinajstić information content (AvgIpc) is 2.81. The number of aryl methyl sites for hydroxylation is 3. The molecule has 0 bridgehead atoms. The Bertz CT molecular complexity index is 1080. The molecule has 1 fully saturated rings. The molecular weight excluding hydrogens is 396 g/mol. The molecule has 1 amide bonds. The Labute approximate surface area is 191 Å². The van der Waals surface area contributed by atoms with Gasteiger partial charge >= 0.3 is 0 Å². The van der Waals surface area contributed by atoms with Crippen molar-refractivity contribution in [2.75, 3.05) is 26.2 Å². The van der Waals surface area contributed by atoms with E-state index < -0.39 is 0 Å². The van der Waals surface area contributed by atoms with E-state index in [-0.39, 0.29) is 5.91 Å². The maximum Gasteiger partial charge on any atom is 0.253 e. The van der Waals surface area contributed by atoms with Gasteiger partial charge in [-0.25, -0.2) is 0 Å². The Morgan fingerprint density at radius 3 is 2.41 bits per heavy atom. The van der Waals surface area contributed by atoms with Crippen LogP contribution in [-0.2, 0) is 13.2 Å². The van der Waals surface area contributed by atoms with E-state index in [0.29, 0.717) is 6.61 Å². The van der Waals surface area contributed by atoms with Crippen LogP contribution in [0.5, 0.6) is 5.75 Å². The predicted molar refractivity (Wildman–Crippen MR) is 129 cm³/mol. The molecule has 0 spiro atoms. The van der Waals surface area contributed by atoms with Crippen LogP contribution >= 0.6 is 0 Å². The van der Waals surface area contributed by atoms with Gasteiger partial charge in [0.25, 0.3) is 5.91 Å². The third-order valence-electron chi connectivity index (χ3n) is 6.23. The first kappa shape index (κ1) is 22.1. The molecule has 32 heavy (non-hydrogen) atoms. The molecule has 0 radical (unpaired) electrons. The van der Waals surface area contributed by atoms with Gasteiger partial charge in [0.05, 0.1) is 0 Å². The third kappa shape index (κ3) is 5.38. The van der Waals surface area contributed by atoms with Gasteiger partial charge in [0.2, 0.25) is 0 Å². The fraction of sp³-hybridized carbons (Fsp3) is 0.321. The molecule has 0 saturated carbocycles. The lowest BCUT2D eigenvalue weighted by Gasteiger charge is -2.35. The number of nitrogens with zero attached hydrogens (tertiary/aromatic N) is 2. The van der Waals surface area contributed by atoms with E-state index in [2.05, 4.69) is 61.2 Å². The van der Waals surface area contributed by atoms with Gasteiger partial charge in [-0.15, -0.1) is 0 Å². The molecule has 1 saturated heterocycles. The summed E-state index contributed by atoms with van der Waals surface area (Å²) in [5.74, 6) is 1.00. The van der Waals surface area contributed by atoms with Crippen molar-refractivity contribution in [3.8, 4) is 5.75 Å². The maximum absolute atomic E-state index is 13.1. The monoisotopic (exact) mass is 428 g/mol. The number of carbonyl (C=O) groups is 1. The molecule has 166 valence electrons. The molecule has 1 heterocycles. The summed E-state index contributed by atoms with van der Waals surface area (Å²) >= 11 is 0. The van der Waals surface area contributed by atoms with Crippen molar-refractivity contribution in [3.63, 3.8) is 0 Å². The molecular formula is C28H32N2O2. The quantitative estimate of drug-likeness (QED) is 0.544. The van der Waals surface area contributed by atoms with Crippen molar-refractivity contribution >= 4 is 5.91 Å². The first-order valence-corrected chi connectivity index (χ1v) is 11.3. The molecule has 1 aliphatic heterocycles. The Morgan fingerprint density at radius 2 is 1.62 bits per heavy atom. The van der Waals surface area contributed by atoms with Crippen molar-refractivity contribution < 1.29 is 9.53 Å². The van der Waals surface area contributed by atoms with Gasteiger partial charge in [0.15, 0.2) is 0 Å². The SMILES string of the molecule is Cc1ccc(C)c(OCc2cccc(C(=O)N3CCN(Cc4ccccc4C)CC3)c2)c1. The number of ether oxygens (including phenoxy) is 1. The number of rotatable bonds is 6. The molecule has 1 aliphatic rings. The number of amides is 1. The minimum atomic E-state index is 0.106. The van der Waals surface area contributed by atoms with E-state index in [1.54, 1.807) is 0 Å². The summed E-state index contributed by atoms with van der Waals surface area (Å²) < 4.78 is 6.03. The highest BCUT2D eigenvalue weighted by Crippen LogP contribution is 2.21. The fourth-order valence-electron chi connectivity index (χ4n) is 4.14. The molecule has 4 heteroatoms. The molecule has 0 N–H and O–H groups in total. The van der Waals surface area contributed by atoms with Gasteiger partial charge in [0.1, 0.15) is 12.4 Å². The first-order valence-electron chi connectivity index (χ1n) is 11.3. The third-order valence-corrected chi connectivity index (χ3v) is 6.23. The van der Waals surface area contributed by atoms with E-state index in [9.17, 15) is 4.79 Å². The van der Waals surface area contributed by atoms with Crippen molar-refractivity contribution in [3.05, 3.63) is 100 Å². The number of carbonyl (C=O) groups excluding carboxylic acids is 1. The standard InChI is InChI=1S/C28H32N2O2/c1-21-11-12-23(3)27(17-21)32-20-24-8-6-10-25(18-24)28(31)30-15-13-29(14-16-30)19-26-9-5-4-7-22(26)2/h4-12,17-18H,13-16,19-20H2,1-3H3. The Balaban J connectivity index is 1.34. The summed E-state index contributed by atoms with van der Waals surface area (Å²) in [5, 5.41) is 0. The molecule has 0 unspecified atom stereocenters. The molecule has 4 rings (SSSR count). The highest BCUT2D eigenvalue weighted by atomic mass is 16.5. The zero-order valence-corrected chi connectivity index (χ0v) is 19.3. The molecule has 4 nitrogen and oxygen atoms in total. The van der Waals surface area contributed by atoms with Gasteiger partial charge in [-0.3, -0.25) is 9.69 Å². The summed E-state index contributed by atoms with van der Waals surface area (Å²) in [4.78, 5) is 17.5. The van der Waals surface area contributed by atoms with Crippen LogP contribution < -0.4 is 4.74 Å². The van der Waals surface area contributed by atoms with Crippen LogP contribution in [0.2, 0.25) is 0 Å². The minimum Gasteiger partial charge on any atom is -0.489 e. The molecule has 0 aliphatic carbocycles. The second kappa shape index (κ2) is 10.0. The van der Waals surface area contributed by atoms with Gasteiger partial charge in [-0.2, -0.15) is 0 Å². The highest BCUT2D eigenvalue weighted by molar-refractivity contribution is 5.94. The summed E-state index contributed by atoms with van der Waals surface area (Å²) in [6.07, 6.45) is 0. The second-order valence-electron chi connectivity index (χ2n) is 8.75. The van der Waals surface area contributed by atoms with E-state index in [1.807, 2.05) is 36.1 Å². The molecule has 0 atom stereocenters. The summed E-state index contributed by atoms with van der Waals surface area (Å²) in [7, 11) is 0. The normalized spacial score (nSPS) is 14.4. The zero-order chi connectivity index (χ0) is 22.5. The van der Waals surface area contributed by atoms with E-state index in [0.717, 1.165) is 55.2 Å². The van der Waals surface area contributed by atoms with Gasteiger partial charge in [-0.05, 0) is 66.8 Å². The predicted octanol–water partition coefficient (Wildman–Crippen LogP) is 5.15. The lowest BCUT2D eigenvalue weighted by atomic mass is 10.1. The van der Waals surface area contributed by atoms with Crippen LogP contribution in [0.25, 0.3) is 0 Å². The largest absolute Gasteiger partial charge is 0.489 e. The van der Waals surface area contributed by atoms with Crippen LogP contribution in [0, 0.1) is 20.8 Å². The summed E-state index contributed by atoms with van der Waals surface area (Å²) in [5.41, 5.74) is 6.73. The van der Waals surface area contributed by atoms with Crippen LogP contribution in [-0.4, -0.2) is 41.9 Å². The summed E-state index contributed by atoms with van der Waals surface area (Å²) in [6, 6.07) is 22.6. The number of hydrogen-bond acceptors (Lipinski definition) is 3. The van der Waals surface area contributed by atoms with Gasteiger partial charge in [0, 0.05) is 38.3 Å². The van der Waals surface area contributed by atoms with E-state index in [4.69, 9.17) is 4.74 Å². The Hall–Kier alpha value is -3.11. The Morgan fingerprint density at radius 1 is 0.844 bits per heavy atom. The van der Waals surface area contributed by atoms with E-state index >= 15 is 0 Å². The van der Waals surface area contributed by atoms with Crippen LogP contribution in [0.3, 0.4) is 0 Å². The van der Waals surface area contributed by atoms with Crippen molar-refractivity contribution in [1.82, 2.24) is 9.80 Å². The van der Waals surface area contributed by atoms with Crippen LogP contribution in [0.1, 0.15) is 38.2 Å². The maximum atomic E-state index is 13.1. The van der Waals surface area contributed by atoms with Gasteiger partial charge in [-0.1, -0.05) is 48.5 Å². The lowest BCUT2D eigenvalue weighted by molar-refractivity contribution is 0.0628. The van der Waals surface area contributed by atoms with Gasteiger partial charge < -0.3 is 9.64 Å². The van der Waals surface area contributed by atoms with E-state index in [1.165, 1.54) is 16.7 Å². The topological polar surface area (TPSA) is 32.8 Å². The van der Waals surface area contributed by atoms with Crippen molar-refractivity contribution in [2.45, 2.75) is 33.9 Å². The number of hydrogen-bond donors (Lipinski definition) is 0. The first-order chi connectivity index (χ1) is 15.5. The smallest absolute Gasteiger partial charge is 0.253 e.